The van der Waals surface area contributed by atoms with Crippen molar-refractivity contribution >= 4 is 7.82 Å². The van der Waals surface area contributed by atoms with Crippen LogP contribution >= 0.6 is 7.82 Å². The van der Waals surface area contributed by atoms with Gasteiger partial charge in [-0.25, -0.2) is 0 Å². The van der Waals surface area contributed by atoms with Crippen molar-refractivity contribution < 1.29 is 18.1 Å². The molecule has 0 N–H and O–H groups in total. The number of phosphoric ester groups is 1. The van der Waals surface area contributed by atoms with Crippen LogP contribution in [0, 0.1) is 0 Å². The van der Waals surface area contributed by atoms with E-state index in [0.29, 0.717) is 17.3 Å². The van der Waals surface area contributed by atoms with Crippen LogP contribution in [0.15, 0.2) is 72.5 Å². The Labute approximate surface area is 136 Å². The van der Waals surface area contributed by atoms with Crippen molar-refractivity contribution in [1.82, 2.24) is 0 Å². The minimum Gasteiger partial charge on any atom is -0.391 e. The van der Waals surface area contributed by atoms with E-state index in [4.69, 9.17) is 13.6 Å². The molecule has 0 aromatic heterocycles. The minimum absolute atomic E-state index is 0.447. The Hall–Kier alpha value is -2.19. The highest BCUT2D eigenvalue weighted by Crippen LogP contribution is 2.52. The Morgan fingerprint density at radius 1 is 0.739 bits per heavy atom. The molecule has 120 valence electrons. The molecule has 0 spiro atoms. The Kier molecular flexibility index (Phi) is 5.04. The summed E-state index contributed by atoms with van der Waals surface area (Å²) in [5.41, 5.74) is 0. The van der Waals surface area contributed by atoms with Crippen molar-refractivity contribution in [2.75, 3.05) is 0 Å². The molecule has 5 heteroatoms. The molecular weight excluding hydrogens is 311 g/mol. The van der Waals surface area contributed by atoms with Crippen molar-refractivity contribution in [3.8, 4) is 11.5 Å². The van der Waals surface area contributed by atoms with Gasteiger partial charge in [-0.05, 0) is 49.6 Å². The van der Waals surface area contributed by atoms with Gasteiger partial charge in [-0.2, -0.15) is 4.57 Å². The standard InChI is InChI=1S/C18H19O4P/c19-23(20-16-10-4-1-5-11-16,21-17-12-6-2-7-13-17)22-18-14-8-3-9-15-18/h1-2,4-7,10-14H,3,8-9,15H2. The summed E-state index contributed by atoms with van der Waals surface area (Å²) >= 11 is 0. The van der Waals surface area contributed by atoms with Gasteiger partial charge < -0.3 is 13.6 Å². The molecular formula is C18H19O4P. The lowest BCUT2D eigenvalue weighted by molar-refractivity contribution is 0.246. The molecule has 1 aliphatic carbocycles. The largest absolute Gasteiger partial charge is 0.646 e. The summed E-state index contributed by atoms with van der Waals surface area (Å²) in [6, 6.07) is 17.8. The number of phosphoric acid groups is 1. The van der Waals surface area contributed by atoms with Crippen LogP contribution in [0.1, 0.15) is 25.7 Å². The molecule has 0 heterocycles. The predicted molar refractivity (Wildman–Crippen MR) is 89.4 cm³/mol. The van der Waals surface area contributed by atoms with Gasteiger partial charge in [0.25, 0.3) is 0 Å². The van der Waals surface area contributed by atoms with Crippen LogP contribution < -0.4 is 9.05 Å². The molecule has 0 bridgehead atoms. The summed E-state index contributed by atoms with van der Waals surface area (Å²) in [6.07, 6.45) is 5.77. The Morgan fingerprint density at radius 3 is 1.78 bits per heavy atom. The van der Waals surface area contributed by atoms with Gasteiger partial charge in [0.1, 0.15) is 17.3 Å². The van der Waals surface area contributed by atoms with E-state index in [0.717, 1.165) is 25.7 Å². The lowest BCUT2D eigenvalue weighted by atomic mass is 10.1. The van der Waals surface area contributed by atoms with E-state index in [-0.39, 0.29) is 0 Å². The molecule has 0 unspecified atom stereocenters. The van der Waals surface area contributed by atoms with Crippen molar-refractivity contribution in [2.24, 2.45) is 0 Å². The van der Waals surface area contributed by atoms with Crippen molar-refractivity contribution in [3.63, 3.8) is 0 Å². The maximum atomic E-state index is 13.1. The first-order valence-electron chi connectivity index (χ1n) is 7.71. The van der Waals surface area contributed by atoms with Crippen LogP contribution in [0.3, 0.4) is 0 Å². The first kappa shape index (κ1) is 15.7. The van der Waals surface area contributed by atoms with E-state index < -0.39 is 7.82 Å². The normalized spacial score (nSPS) is 14.7. The lowest BCUT2D eigenvalue weighted by Crippen LogP contribution is -2.06. The van der Waals surface area contributed by atoms with E-state index in [1.807, 2.05) is 42.5 Å². The third kappa shape index (κ3) is 4.64. The smallest absolute Gasteiger partial charge is 0.391 e. The Balaban J connectivity index is 1.82. The fourth-order valence-corrected chi connectivity index (χ4v) is 3.64. The van der Waals surface area contributed by atoms with Crippen LogP contribution in [0.5, 0.6) is 11.5 Å². The lowest BCUT2D eigenvalue weighted by Gasteiger charge is -2.22. The van der Waals surface area contributed by atoms with Crippen molar-refractivity contribution in [2.45, 2.75) is 25.7 Å². The second kappa shape index (κ2) is 7.38. The average molecular weight is 330 g/mol. The van der Waals surface area contributed by atoms with Crippen LogP contribution in [0.25, 0.3) is 0 Å². The summed E-state index contributed by atoms with van der Waals surface area (Å²) in [5.74, 6) is 1.57. The molecule has 0 saturated heterocycles. The summed E-state index contributed by atoms with van der Waals surface area (Å²) in [6.45, 7) is 0. The highest BCUT2D eigenvalue weighted by Gasteiger charge is 2.34. The van der Waals surface area contributed by atoms with E-state index >= 15 is 0 Å². The number of hydrogen-bond donors (Lipinski definition) is 0. The zero-order valence-corrected chi connectivity index (χ0v) is 13.7. The first-order chi connectivity index (χ1) is 11.2. The minimum atomic E-state index is -3.80. The fraction of sp³-hybridized carbons (Fsp3) is 0.222. The molecule has 4 nitrogen and oxygen atoms in total. The molecule has 0 saturated carbocycles. The van der Waals surface area contributed by atoms with Crippen LogP contribution in [0.2, 0.25) is 0 Å². The second-order valence-electron chi connectivity index (χ2n) is 5.26. The molecule has 1 aliphatic rings. The van der Waals surface area contributed by atoms with Gasteiger partial charge in [0.15, 0.2) is 0 Å². The number of benzene rings is 2. The fourth-order valence-electron chi connectivity index (χ4n) is 2.31. The third-order valence-electron chi connectivity index (χ3n) is 3.40. The molecule has 23 heavy (non-hydrogen) atoms. The quantitative estimate of drug-likeness (QED) is 0.635. The van der Waals surface area contributed by atoms with Crippen molar-refractivity contribution in [3.05, 3.63) is 72.5 Å². The molecule has 3 rings (SSSR count). The van der Waals surface area contributed by atoms with Gasteiger partial charge in [-0.1, -0.05) is 36.4 Å². The molecule has 0 fully saturated rings. The zero-order valence-electron chi connectivity index (χ0n) is 12.8. The summed E-state index contributed by atoms with van der Waals surface area (Å²) < 4.78 is 29.9. The van der Waals surface area contributed by atoms with Crippen LogP contribution in [-0.4, -0.2) is 0 Å². The highest BCUT2D eigenvalue weighted by atomic mass is 31.2. The monoisotopic (exact) mass is 330 g/mol. The second-order valence-corrected chi connectivity index (χ2v) is 6.71. The number of rotatable bonds is 6. The van der Waals surface area contributed by atoms with Gasteiger partial charge in [0, 0.05) is 6.42 Å². The molecule has 2 aromatic carbocycles. The van der Waals surface area contributed by atoms with Gasteiger partial charge in [0.2, 0.25) is 0 Å². The summed E-state index contributed by atoms with van der Waals surface area (Å²) in [4.78, 5) is 0. The molecule has 0 amide bonds. The van der Waals surface area contributed by atoms with Crippen LogP contribution in [0.4, 0.5) is 0 Å². The van der Waals surface area contributed by atoms with E-state index in [9.17, 15) is 4.57 Å². The Bertz CT molecular complexity index is 652. The van der Waals surface area contributed by atoms with Crippen molar-refractivity contribution in [1.29, 1.82) is 0 Å². The number of para-hydroxylation sites is 2. The van der Waals surface area contributed by atoms with Gasteiger partial charge in [-0.3, -0.25) is 0 Å². The molecule has 0 aliphatic heterocycles. The Morgan fingerprint density at radius 2 is 1.30 bits per heavy atom. The first-order valence-corrected chi connectivity index (χ1v) is 9.18. The SMILES string of the molecule is O=P(OC1=CCCCC1)(Oc1ccccc1)Oc1ccccc1. The molecule has 0 atom stereocenters. The van der Waals surface area contributed by atoms with E-state index in [2.05, 4.69) is 0 Å². The number of allylic oxidation sites excluding steroid dienone is 2. The van der Waals surface area contributed by atoms with Gasteiger partial charge >= 0.3 is 7.82 Å². The molecule has 0 radical (unpaired) electrons. The summed E-state index contributed by atoms with van der Waals surface area (Å²) in [5, 5.41) is 0. The maximum absolute atomic E-state index is 13.1. The maximum Gasteiger partial charge on any atom is 0.646 e. The molecule has 2 aromatic rings. The van der Waals surface area contributed by atoms with Gasteiger partial charge in [0.05, 0.1) is 0 Å². The third-order valence-corrected chi connectivity index (χ3v) is 4.73. The number of hydrogen-bond acceptors (Lipinski definition) is 4. The summed E-state index contributed by atoms with van der Waals surface area (Å²) in [7, 11) is -3.80. The van der Waals surface area contributed by atoms with E-state index in [1.54, 1.807) is 24.3 Å². The van der Waals surface area contributed by atoms with Crippen LogP contribution in [-0.2, 0) is 9.09 Å². The predicted octanol–water partition coefficient (Wildman–Crippen LogP) is 5.73. The topological polar surface area (TPSA) is 44.8 Å². The van der Waals surface area contributed by atoms with E-state index in [1.165, 1.54) is 0 Å². The average Bonchev–Trinajstić information content (AvgIpc) is 2.57. The highest BCUT2D eigenvalue weighted by molar-refractivity contribution is 7.49. The zero-order chi connectivity index (χ0) is 16.0. The van der Waals surface area contributed by atoms with Gasteiger partial charge in [-0.15, -0.1) is 0 Å².